The number of hydrogen-bond donors (Lipinski definition) is 2. The van der Waals surface area contributed by atoms with Gasteiger partial charge in [0, 0.05) is 5.56 Å². The molecule has 3 aromatic rings. The number of hydrogen-bond acceptors (Lipinski definition) is 6. The molecule has 0 saturated carbocycles. The van der Waals surface area contributed by atoms with Crippen LogP contribution < -0.4 is 10.9 Å². The van der Waals surface area contributed by atoms with Crippen LogP contribution in [0.3, 0.4) is 0 Å². The molecule has 3 rings (SSSR count). The smallest absolute Gasteiger partial charge is 0.271 e. The lowest BCUT2D eigenvalue weighted by molar-refractivity contribution is 0.0955. The van der Waals surface area contributed by atoms with E-state index < -0.39 is 0 Å². The minimum Gasteiger partial charge on any atom is -0.279 e. The number of rotatable bonds is 6. The molecule has 1 amide bonds. The Morgan fingerprint density at radius 2 is 1.23 bits per heavy atom. The van der Waals surface area contributed by atoms with E-state index in [1.807, 2.05) is 6.07 Å². The van der Waals surface area contributed by atoms with Crippen LogP contribution in [-0.2, 0) is 0 Å². The molecule has 0 atom stereocenters. The molecule has 7 heteroatoms. The molecule has 0 fully saturated rings. The van der Waals surface area contributed by atoms with Crippen LogP contribution in [0.2, 0.25) is 0 Å². The second-order valence-electron chi connectivity index (χ2n) is 6.11. The predicted molar refractivity (Wildman–Crippen MR) is 115 cm³/mol. The molecule has 3 aromatic carbocycles. The molecule has 0 aliphatic carbocycles. The average molecular weight is 392 g/mol. The van der Waals surface area contributed by atoms with E-state index in [-0.39, 0.29) is 5.91 Å². The zero-order valence-electron chi connectivity index (χ0n) is 15.8. The van der Waals surface area contributed by atoms with Crippen LogP contribution in [0.25, 0.3) is 0 Å². The number of amides is 1. The Balaban J connectivity index is 1.52. The molecule has 0 aliphatic rings. The number of carbonyl (C=O) groups is 1. The summed E-state index contributed by atoms with van der Waals surface area (Å²) in [5, 5.41) is 25.6. The number of nitrogens with one attached hydrogen (secondary N) is 2. The average Bonchev–Trinajstić information content (AvgIpc) is 2.80. The van der Waals surface area contributed by atoms with E-state index in [2.05, 4.69) is 27.1 Å². The summed E-state index contributed by atoms with van der Waals surface area (Å²) in [4.78, 5) is 12.2. The van der Waals surface area contributed by atoms with Crippen molar-refractivity contribution in [2.24, 2.45) is 10.2 Å². The van der Waals surface area contributed by atoms with E-state index in [0.29, 0.717) is 16.7 Å². The van der Waals surface area contributed by atoms with Crippen LogP contribution in [0, 0.1) is 22.7 Å². The number of carbonyl (C=O) groups excluding carboxylic acids is 1. The molecule has 0 radical (unpaired) electrons. The molecule has 30 heavy (non-hydrogen) atoms. The van der Waals surface area contributed by atoms with Crippen molar-refractivity contribution in [3.05, 3.63) is 101 Å². The van der Waals surface area contributed by atoms with E-state index in [0.717, 1.165) is 16.8 Å². The van der Waals surface area contributed by atoms with Crippen molar-refractivity contribution in [1.29, 1.82) is 10.5 Å². The molecular weight excluding hydrogens is 376 g/mol. The first-order valence-electron chi connectivity index (χ1n) is 8.91. The lowest BCUT2D eigenvalue weighted by Crippen LogP contribution is -2.17. The number of nitrogens with zero attached hydrogens (tertiary/aromatic N) is 4. The second-order valence-corrected chi connectivity index (χ2v) is 6.11. The Morgan fingerprint density at radius 3 is 1.73 bits per heavy atom. The lowest BCUT2D eigenvalue weighted by atomic mass is 10.2. The predicted octanol–water partition coefficient (Wildman–Crippen LogP) is 3.64. The summed E-state index contributed by atoms with van der Waals surface area (Å²) in [6.07, 6.45) is 3.15. The SMILES string of the molecule is N#Cc1ccc(/C=N/NC(=O)c2ccc(N/N=C/c3ccc(C#N)cc3)cc2)cc1. The van der Waals surface area contributed by atoms with Crippen LogP contribution in [-0.4, -0.2) is 18.3 Å². The summed E-state index contributed by atoms with van der Waals surface area (Å²) < 4.78 is 0. The van der Waals surface area contributed by atoms with Gasteiger partial charge in [-0.3, -0.25) is 10.2 Å². The van der Waals surface area contributed by atoms with Gasteiger partial charge in [-0.05, 0) is 59.7 Å². The van der Waals surface area contributed by atoms with E-state index in [1.165, 1.54) is 6.21 Å². The van der Waals surface area contributed by atoms with Gasteiger partial charge >= 0.3 is 0 Å². The highest BCUT2D eigenvalue weighted by molar-refractivity contribution is 5.95. The molecule has 0 aliphatic heterocycles. The van der Waals surface area contributed by atoms with Crippen LogP contribution in [0.1, 0.15) is 32.6 Å². The van der Waals surface area contributed by atoms with Gasteiger partial charge in [0.05, 0.1) is 41.4 Å². The van der Waals surface area contributed by atoms with Gasteiger partial charge in [-0.1, -0.05) is 24.3 Å². The first-order chi connectivity index (χ1) is 14.7. The third-order valence-corrected chi connectivity index (χ3v) is 4.01. The van der Waals surface area contributed by atoms with Crippen LogP contribution in [0.5, 0.6) is 0 Å². The Morgan fingerprint density at radius 1 is 0.733 bits per heavy atom. The minimum atomic E-state index is -0.340. The van der Waals surface area contributed by atoms with Crippen molar-refractivity contribution in [1.82, 2.24) is 5.43 Å². The second kappa shape index (κ2) is 9.98. The van der Waals surface area contributed by atoms with E-state index >= 15 is 0 Å². The molecule has 0 aromatic heterocycles. The van der Waals surface area contributed by atoms with Gasteiger partial charge in [0.2, 0.25) is 0 Å². The zero-order chi connectivity index (χ0) is 21.2. The highest BCUT2D eigenvalue weighted by Crippen LogP contribution is 2.10. The number of nitriles is 2. The maximum atomic E-state index is 12.2. The first-order valence-corrected chi connectivity index (χ1v) is 8.91. The quantitative estimate of drug-likeness (QED) is 0.492. The van der Waals surface area contributed by atoms with Crippen molar-refractivity contribution < 1.29 is 4.79 Å². The number of hydrazone groups is 2. The van der Waals surface area contributed by atoms with E-state index in [9.17, 15) is 4.79 Å². The van der Waals surface area contributed by atoms with Gasteiger partial charge in [0.1, 0.15) is 0 Å². The normalized spacial score (nSPS) is 10.5. The minimum absolute atomic E-state index is 0.340. The van der Waals surface area contributed by atoms with Crippen molar-refractivity contribution in [2.75, 3.05) is 5.43 Å². The van der Waals surface area contributed by atoms with Crippen LogP contribution >= 0.6 is 0 Å². The Labute approximate surface area is 173 Å². The molecule has 0 spiro atoms. The fraction of sp³-hybridized carbons (Fsp3) is 0. The van der Waals surface area contributed by atoms with Crippen molar-refractivity contribution >= 4 is 24.0 Å². The molecule has 2 N–H and O–H groups in total. The van der Waals surface area contributed by atoms with E-state index in [1.54, 1.807) is 79.0 Å². The summed E-state index contributed by atoms with van der Waals surface area (Å²) in [7, 11) is 0. The summed E-state index contributed by atoms with van der Waals surface area (Å²) in [6, 6.07) is 24.8. The Hall–Kier alpha value is -4.75. The van der Waals surface area contributed by atoms with Crippen molar-refractivity contribution in [2.45, 2.75) is 0 Å². The first kappa shape index (κ1) is 20.0. The van der Waals surface area contributed by atoms with Gasteiger partial charge in [0.25, 0.3) is 5.91 Å². The highest BCUT2D eigenvalue weighted by atomic mass is 16.2. The third-order valence-electron chi connectivity index (χ3n) is 4.01. The van der Waals surface area contributed by atoms with Gasteiger partial charge in [0.15, 0.2) is 0 Å². The van der Waals surface area contributed by atoms with E-state index in [4.69, 9.17) is 10.5 Å². The zero-order valence-corrected chi connectivity index (χ0v) is 15.8. The summed E-state index contributed by atoms with van der Waals surface area (Å²) in [5.41, 5.74) is 9.30. The van der Waals surface area contributed by atoms with Gasteiger partial charge in [-0.25, -0.2) is 5.43 Å². The maximum Gasteiger partial charge on any atom is 0.271 e. The van der Waals surface area contributed by atoms with Gasteiger partial charge in [-0.2, -0.15) is 20.7 Å². The molecule has 7 nitrogen and oxygen atoms in total. The fourth-order valence-corrected chi connectivity index (χ4v) is 2.39. The van der Waals surface area contributed by atoms with Gasteiger partial charge < -0.3 is 0 Å². The molecule has 0 unspecified atom stereocenters. The Bertz CT molecular complexity index is 1150. The molecular formula is C23H16N6O. The largest absolute Gasteiger partial charge is 0.279 e. The van der Waals surface area contributed by atoms with Crippen molar-refractivity contribution in [3.8, 4) is 12.1 Å². The topological polar surface area (TPSA) is 113 Å². The summed E-state index contributed by atoms with van der Waals surface area (Å²) in [5.74, 6) is -0.340. The highest BCUT2D eigenvalue weighted by Gasteiger charge is 2.03. The standard InChI is InChI=1S/C23H16N6O/c24-13-17-1-5-19(6-2-17)15-26-28-22-11-9-21(10-12-22)23(30)29-27-16-20-7-3-18(14-25)4-8-20/h1-12,15-16,28H,(H,29,30)/b26-15+,27-16+. The third kappa shape index (κ3) is 5.62. The van der Waals surface area contributed by atoms with Crippen LogP contribution in [0.15, 0.2) is 83.0 Å². The maximum absolute atomic E-state index is 12.2. The molecule has 144 valence electrons. The van der Waals surface area contributed by atoms with Crippen LogP contribution in [0.4, 0.5) is 5.69 Å². The van der Waals surface area contributed by atoms with Crippen molar-refractivity contribution in [3.63, 3.8) is 0 Å². The lowest BCUT2D eigenvalue weighted by Gasteiger charge is -2.03. The summed E-state index contributed by atoms with van der Waals surface area (Å²) >= 11 is 0. The number of benzene rings is 3. The fourth-order valence-electron chi connectivity index (χ4n) is 2.39. The Kier molecular flexibility index (Phi) is 6.65. The number of anilines is 1. The summed E-state index contributed by atoms with van der Waals surface area (Å²) in [6.45, 7) is 0. The molecule has 0 bridgehead atoms. The molecule has 0 heterocycles. The monoisotopic (exact) mass is 392 g/mol. The van der Waals surface area contributed by atoms with Gasteiger partial charge in [-0.15, -0.1) is 0 Å². The molecule has 0 saturated heterocycles.